The monoisotopic (exact) mass is 535 g/mol. The maximum absolute atomic E-state index is 13.5. The first-order chi connectivity index (χ1) is 18.1. The van der Waals surface area contributed by atoms with Gasteiger partial charge in [0, 0.05) is 50.1 Å². The number of amides is 1. The Bertz CT molecular complexity index is 901. The molecule has 9 heteroatoms. The molecule has 3 fully saturated rings. The van der Waals surface area contributed by atoms with Crippen LogP contribution < -0.4 is 10.2 Å². The number of aliphatic hydroxyl groups excluding tert-OH is 1. The third-order valence-electron chi connectivity index (χ3n) is 8.68. The second-order valence-electron chi connectivity index (χ2n) is 12.8. The largest absolute Gasteiger partial charge is 0.393 e. The molecule has 0 aromatic carbocycles. The molecule has 4 rings (SSSR count). The van der Waals surface area contributed by atoms with E-state index in [2.05, 4.69) is 25.1 Å². The lowest BCUT2D eigenvalue weighted by molar-refractivity contribution is -0.123. The van der Waals surface area contributed by atoms with Gasteiger partial charge in [0.15, 0.2) is 0 Å². The third-order valence-corrected chi connectivity index (χ3v) is 8.68. The fourth-order valence-electron chi connectivity index (χ4n) is 6.12. The number of carbonyl (C=O) groups is 1. The first kappa shape index (κ1) is 29.1. The number of alkyl halides is 2. The molecular formula is C29H47F2N5O2. The Morgan fingerprint density at radius 1 is 1.00 bits per heavy atom. The van der Waals surface area contributed by atoms with Crippen molar-refractivity contribution in [3.05, 3.63) is 17.6 Å². The van der Waals surface area contributed by atoms with Gasteiger partial charge in [-0.15, -0.1) is 0 Å². The van der Waals surface area contributed by atoms with Crippen molar-refractivity contribution in [3.8, 4) is 0 Å². The van der Waals surface area contributed by atoms with Crippen LogP contribution in [0.4, 0.5) is 14.6 Å². The van der Waals surface area contributed by atoms with Gasteiger partial charge in [-0.3, -0.25) is 9.69 Å². The van der Waals surface area contributed by atoms with Crippen molar-refractivity contribution in [1.82, 2.24) is 20.2 Å². The van der Waals surface area contributed by atoms with Crippen LogP contribution in [0.15, 0.2) is 6.07 Å². The van der Waals surface area contributed by atoms with Crippen molar-refractivity contribution < 1.29 is 18.7 Å². The fraction of sp³-hybridized carbons (Fsp3) is 0.828. The van der Waals surface area contributed by atoms with E-state index in [0.29, 0.717) is 35.9 Å². The van der Waals surface area contributed by atoms with Crippen molar-refractivity contribution in [2.75, 3.05) is 37.6 Å². The van der Waals surface area contributed by atoms with Gasteiger partial charge < -0.3 is 15.3 Å². The topological polar surface area (TPSA) is 81.6 Å². The Morgan fingerprint density at radius 2 is 1.63 bits per heavy atom. The van der Waals surface area contributed by atoms with Crippen LogP contribution in [-0.2, 0) is 10.2 Å². The molecule has 2 N–H and O–H groups in total. The zero-order valence-electron chi connectivity index (χ0n) is 23.5. The van der Waals surface area contributed by atoms with Gasteiger partial charge in [-0.25, -0.2) is 18.7 Å². The minimum Gasteiger partial charge on any atom is -0.393 e. The summed E-state index contributed by atoms with van der Waals surface area (Å²) in [6, 6.07) is 1.76. The lowest BCUT2D eigenvalue weighted by atomic mass is 9.83. The molecule has 7 nitrogen and oxygen atoms in total. The highest BCUT2D eigenvalue weighted by molar-refractivity contribution is 5.76. The first-order valence-corrected chi connectivity index (χ1v) is 14.7. The van der Waals surface area contributed by atoms with Crippen LogP contribution in [0.3, 0.4) is 0 Å². The predicted molar refractivity (Wildman–Crippen MR) is 145 cm³/mol. The average Bonchev–Trinajstić information content (AvgIpc) is 2.89. The third kappa shape index (κ3) is 8.31. The SMILES string of the molecule is CC(C)(C)c1nc(C(F)F)cc(N2CCN(CCC3CCC(NC(=O)CC4CCC(O)CC4)CC3)CC2)n1. The Morgan fingerprint density at radius 3 is 2.24 bits per heavy atom. The highest BCUT2D eigenvalue weighted by Crippen LogP contribution is 2.30. The number of nitrogens with zero attached hydrogens (tertiary/aromatic N) is 4. The number of carbonyl (C=O) groups excluding carboxylic acids is 1. The number of hydrogen-bond donors (Lipinski definition) is 2. The van der Waals surface area contributed by atoms with Gasteiger partial charge in [-0.2, -0.15) is 0 Å². The van der Waals surface area contributed by atoms with Gasteiger partial charge in [0.25, 0.3) is 6.43 Å². The summed E-state index contributed by atoms with van der Waals surface area (Å²) in [4.78, 5) is 25.8. The van der Waals surface area contributed by atoms with Gasteiger partial charge in [0.2, 0.25) is 5.91 Å². The van der Waals surface area contributed by atoms with Crippen LogP contribution in [-0.4, -0.2) is 70.8 Å². The number of aliphatic hydroxyl groups is 1. The summed E-state index contributed by atoms with van der Waals surface area (Å²) in [5, 5.41) is 12.9. The standard InChI is InChI=1S/C29H47F2N5O2/c1-29(2,3)28-33-24(27(30)31)19-25(34-28)36-16-14-35(15-17-36)13-12-20-4-8-22(9-5-20)32-26(38)18-21-6-10-23(37)11-7-21/h19-23,27,37H,4-18H2,1-3H3,(H,32,38). The lowest BCUT2D eigenvalue weighted by Crippen LogP contribution is -2.47. The molecule has 214 valence electrons. The van der Waals surface area contributed by atoms with Crippen LogP contribution in [0.1, 0.15) is 103 Å². The van der Waals surface area contributed by atoms with E-state index in [4.69, 9.17) is 0 Å². The molecule has 0 radical (unpaired) electrons. The number of aromatic nitrogens is 2. The molecule has 2 heterocycles. The summed E-state index contributed by atoms with van der Waals surface area (Å²) in [6.07, 6.45) is 7.02. The summed E-state index contributed by atoms with van der Waals surface area (Å²) in [5.74, 6) is 2.39. The molecule has 1 aromatic heterocycles. The summed E-state index contributed by atoms with van der Waals surface area (Å²) in [6.45, 7) is 10.3. The summed E-state index contributed by atoms with van der Waals surface area (Å²) in [7, 11) is 0. The van der Waals surface area contributed by atoms with Crippen molar-refractivity contribution in [3.63, 3.8) is 0 Å². The maximum atomic E-state index is 13.5. The Balaban J connectivity index is 1.16. The molecule has 0 unspecified atom stereocenters. The molecule has 1 amide bonds. The number of halogens is 2. The number of anilines is 1. The van der Waals surface area contributed by atoms with E-state index in [9.17, 15) is 18.7 Å². The van der Waals surface area contributed by atoms with Crippen LogP contribution in [0.5, 0.6) is 0 Å². The van der Waals surface area contributed by atoms with E-state index in [1.165, 1.54) is 12.5 Å². The van der Waals surface area contributed by atoms with Crippen molar-refractivity contribution >= 4 is 11.7 Å². The lowest BCUT2D eigenvalue weighted by Gasteiger charge is -2.37. The van der Waals surface area contributed by atoms with Crippen LogP contribution in [0.2, 0.25) is 0 Å². The zero-order chi connectivity index (χ0) is 27.3. The Labute approximate surface area is 226 Å². The molecule has 0 bridgehead atoms. The predicted octanol–water partition coefficient (Wildman–Crippen LogP) is 4.84. The number of nitrogens with one attached hydrogen (secondary N) is 1. The highest BCUT2D eigenvalue weighted by Gasteiger charge is 2.28. The van der Waals surface area contributed by atoms with E-state index < -0.39 is 6.43 Å². The van der Waals surface area contributed by atoms with E-state index in [1.807, 2.05) is 20.8 Å². The molecule has 1 aliphatic heterocycles. The van der Waals surface area contributed by atoms with Gasteiger partial charge in [-0.1, -0.05) is 20.8 Å². The fourth-order valence-corrected chi connectivity index (χ4v) is 6.12. The highest BCUT2D eigenvalue weighted by atomic mass is 19.3. The Kier molecular flexibility index (Phi) is 9.95. The maximum Gasteiger partial charge on any atom is 0.280 e. The molecule has 38 heavy (non-hydrogen) atoms. The number of piperazine rings is 1. The average molecular weight is 536 g/mol. The summed E-state index contributed by atoms with van der Waals surface area (Å²) in [5.41, 5.74) is -0.577. The summed E-state index contributed by atoms with van der Waals surface area (Å²) >= 11 is 0. The van der Waals surface area contributed by atoms with E-state index >= 15 is 0 Å². The molecular weight excluding hydrogens is 488 g/mol. The van der Waals surface area contributed by atoms with Gasteiger partial charge in [0.05, 0.1) is 6.10 Å². The quantitative estimate of drug-likeness (QED) is 0.496. The van der Waals surface area contributed by atoms with Crippen molar-refractivity contribution in [2.24, 2.45) is 11.8 Å². The second kappa shape index (κ2) is 13.0. The molecule has 1 aromatic rings. The van der Waals surface area contributed by atoms with E-state index in [0.717, 1.165) is 84.1 Å². The first-order valence-electron chi connectivity index (χ1n) is 14.7. The van der Waals surface area contributed by atoms with Gasteiger partial charge in [0.1, 0.15) is 17.3 Å². The van der Waals surface area contributed by atoms with Crippen LogP contribution >= 0.6 is 0 Å². The molecule has 0 atom stereocenters. The number of rotatable bonds is 8. The van der Waals surface area contributed by atoms with Crippen molar-refractivity contribution in [2.45, 2.75) is 109 Å². The van der Waals surface area contributed by atoms with Gasteiger partial charge >= 0.3 is 0 Å². The Hall–Kier alpha value is -1.87. The van der Waals surface area contributed by atoms with Crippen molar-refractivity contribution in [1.29, 1.82) is 0 Å². The van der Waals surface area contributed by atoms with E-state index in [-0.39, 0.29) is 23.1 Å². The second-order valence-corrected chi connectivity index (χ2v) is 12.8. The molecule has 2 saturated carbocycles. The molecule has 0 spiro atoms. The van der Waals surface area contributed by atoms with Crippen LogP contribution in [0, 0.1) is 11.8 Å². The van der Waals surface area contributed by atoms with Gasteiger partial charge in [-0.05, 0) is 76.2 Å². The van der Waals surface area contributed by atoms with E-state index in [1.54, 1.807) is 0 Å². The molecule has 3 aliphatic rings. The number of hydrogen-bond acceptors (Lipinski definition) is 6. The smallest absolute Gasteiger partial charge is 0.280 e. The zero-order valence-corrected chi connectivity index (χ0v) is 23.5. The molecule has 2 aliphatic carbocycles. The minimum absolute atomic E-state index is 0.172. The molecule has 1 saturated heterocycles. The normalized spacial score (nSPS) is 27.5. The minimum atomic E-state index is -2.60. The summed E-state index contributed by atoms with van der Waals surface area (Å²) < 4.78 is 26.9. The van der Waals surface area contributed by atoms with Crippen LogP contribution in [0.25, 0.3) is 0 Å².